The van der Waals surface area contributed by atoms with Crippen LogP contribution in [0.1, 0.15) is 18.1 Å². The van der Waals surface area contributed by atoms with E-state index in [2.05, 4.69) is 10.6 Å². The molecule has 0 fully saturated rings. The number of carbonyl (C=O) groups excluding carboxylic acids is 2. The molecule has 4 N–H and O–H groups in total. The molecule has 0 atom stereocenters. The Balaban J connectivity index is 2.34. The summed E-state index contributed by atoms with van der Waals surface area (Å²) in [7, 11) is 0. The topological polar surface area (TPSA) is 84.2 Å². The molecule has 0 unspecified atom stereocenters. The van der Waals surface area contributed by atoms with Gasteiger partial charge in [-0.3, -0.25) is 9.59 Å². The number of nitrogens with one attached hydrogen (secondary N) is 2. The number of carbonyl (C=O) groups is 2. The Labute approximate surface area is 107 Å². The lowest BCUT2D eigenvalue weighted by atomic mass is 10.1. The Morgan fingerprint density at radius 1 is 1.11 bits per heavy atom. The highest BCUT2D eigenvalue weighted by molar-refractivity contribution is 5.83. The molecule has 0 spiro atoms. The van der Waals surface area contributed by atoms with E-state index in [1.54, 1.807) is 0 Å². The van der Waals surface area contributed by atoms with Crippen molar-refractivity contribution < 1.29 is 9.59 Å². The van der Waals surface area contributed by atoms with E-state index in [4.69, 9.17) is 5.73 Å². The van der Waals surface area contributed by atoms with E-state index >= 15 is 0 Å². The van der Waals surface area contributed by atoms with Gasteiger partial charge in [-0.25, -0.2) is 0 Å². The van der Waals surface area contributed by atoms with Crippen LogP contribution in [0, 0.1) is 0 Å². The number of benzene rings is 1. The molecule has 0 aliphatic rings. The zero-order valence-corrected chi connectivity index (χ0v) is 10.5. The zero-order valence-electron chi connectivity index (χ0n) is 10.5. The van der Waals surface area contributed by atoms with Crippen LogP contribution in [-0.2, 0) is 22.6 Å². The lowest BCUT2D eigenvalue weighted by Gasteiger charge is -2.06. The summed E-state index contributed by atoms with van der Waals surface area (Å²) in [6.07, 6.45) is 0.856. The van der Waals surface area contributed by atoms with E-state index < -0.39 is 0 Å². The molecule has 2 amide bonds. The van der Waals surface area contributed by atoms with Crippen molar-refractivity contribution in [2.45, 2.75) is 19.9 Å². The van der Waals surface area contributed by atoms with Crippen molar-refractivity contribution >= 4 is 11.8 Å². The summed E-state index contributed by atoms with van der Waals surface area (Å²) in [5.41, 5.74) is 7.67. The number of nitrogens with two attached hydrogens (primary N) is 1. The summed E-state index contributed by atoms with van der Waals surface area (Å²) in [5.74, 6) is -0.410. The molecule has 0 radical (unpaired) electrons. The second kappa shape index (κ2) is 7.45. The first-order chi connectivity index (χ1) is 8.61. The molecule has 1 aromatic carbocycles. The summed E-state index contributed by atoms with van der Waals surface area (Å²) in [6, 6.07) is 7.93. The lowest BCUT2D eigenvalue weighted by Crippen LogP contribution is -2.35. The molecule has 5 heteroatoms. The highest BCUT2D eigenvalue weighted by atomic mass is 16.2. The standard InChI is InChI=1S/C13H19N3O2/c1-10(17)15-9-13(18)16-8-12-4-2-11(3-5-12)6-7-14/h2-5H,6-9,14H2,1H3,(H,15,17)(H,16,18). The Bertz CT molecular complexity index is 401. The fourth-order valence-corrected chi connectivity index (χ4v) is 1.46. The van der Waals surface area contributed by atoms with Crippen molar-refractivity contribution in [1.29, 1.82) is 0 Å². The monoisotopic (exact) mass is 249 g/mol. The van der Waals surface area contributed by atoms with Crippen LogP contribution in [0.25, 0.3) is 0 Å². The molecule has 0 aromatic heterocycles. The van der Waals surface area contributed by atoms with E-state index in [1.807, 2.05) is 24.3 Å². The van der Waals surface area contributed by atoms with Gasteiger partial charge in [-0.1, -0.05) is 24.3 Å². The summed E-state index contributed by atoms with van der Waals surface area (Å²) in [4.78, 5) is 22.0. The average molecular weight is 249 g/mol. The van der Waals surface area contributed by atoms with Crippen LogP contribution in [0.15, 0.2) is 24.3 Å². The van der Waals surface area contributed by atoms with Crippen LogP contribution in [-0.4, -0.2) is 24.9 Å². The van der Waals surface area contributed by atoms with Gasteiger partial charge >= 0.3 is 0 Å². The highest BCUT2D eigenvalue weighted by Gasteiger charge is 2.01. The molecule has 0 saturated heterocycles. The van der Waals surface area contributed by atoms with Gasteiger partial charge in [0.15, 0.2) is 0 Å². The third-order valence-corrected chi connectivity index (χ3v) is 2.44. The first kappa shape index (κ1) is 14.2. The SMILES string of the molecule is CC(=O)NCC(=O)NCc1ccc(CCN)cc1. The molecule has 98 valence electrons. The summed E-state index contributed by atoms with van der Waals surface area (Å²) >= 11 is 0. The normalized spacial score (nSPS) is 9.89. The first-order valence-electron chi connectivity index (χ1n) is 5.91. The molecular weight excluding hydrogens is 230 g/mol. The van der Waals surface area contributed by atoms with Crippen LogP contribution in [0.4, 0.5) is 0 Å². The molecule has 0 aliphatic carbocycles. The molecule has 18 heavy (non-hydrogen) atoms. The summed E-state index contributed by atoms with van der Waals surface area (Å²) < 4.78 is 0. The Hall–Kier alpha value is -1.88. The van der Waals surface area contributed by atoms with Crippen molar-refractivity contribution in [3.05, 3.63) is 35.4 Å². The van der Waals surface area contributed by atoms with E-state index in [9.17, 15) is 9.59 Å². The van der Waals surface area contributed by atoms with Crippen molar-refractivity contribution in [2.24, 2.45) is 5.73 Å². The molecule has 1 rings (SSSR count). The largest absolute Gasteiger partial charge is 0.350 e. The maximum atomic E-state index is 11.3. The molecule has 0 aliphatic heterocycles. The second-order valence-corrected chi connectivity index (χ2v) is 4.04. The van der Waals surface area contributed by atoms with Gasteiger partial charge in [0, 0.05) is 13.5 Å². The number of amides is 2. The predicted octanol–water partition coefficient (Wildman–Crippen LogP) is -0.0599. The van der Waals surface area contributed by atoms with Crippen LogP contribution in [0.5, 0.6) is 0 Å². The van der Waals surface area contributed by atoms with E-state index in [0.29, 0.717) is 13.1 Å². The first-order valence-corrected chi connectivity index (χ1v) is 5.91. The lowest BCUT2D eigenvalue weighted by molar-refractivity contribution is -0.125. The van der Waals surface area contributed by atoms with Gasteiger partial charge < -0.3 is 16.4 Å². The number of hydrogen-bond acceptors (Lipinski definition) is 3. The maximum Gasteiger partial charge on any atom is 0.239 e. The van der Waals surface area contributed by atoms with Crippen LogP contribution < -0.4 is 16.4 Å². The van der Waals surface area contributed by atoms with Crippen molar-refractivity contribution in [3.63, 3.8) is 0 Å². The molecule has 5 nitrogen and oxygen atoms in total. The van der Waals surface area contributed by atoms with E-state index in [-0.39, 0.29) is 18.4 Å². The minimum Gasteiger partial charge on any atom is -0.350 e. The van der Waals surface area contributed by atoms with Gasteiger partial charge in [-0.15, -0.1) is 0 Å². The van der Waals surface area contributed by atoms with Crippen molar-refractivity contribution in [3.8, 4) is 0 Å². The molecular formula is C13H19N3O2. The Morgan fingerprint density at radius 3 is 2.28 bits per heavy atom. The third kappa shape index (κ3) is 5.45. The smallest absolute Gasteiger partial charge is 0.239 e. The van der Waals surface area contributed by atoms with Crippen LogP contribution in [0.2, 0.25) is 0 Å². The highest BCUT2D eigenvalue weighted by Crippen LogP contribution is 2.04. The quantitative estimate of drug-likeness (QED) is 0.660. The fraction of sp³-hybridized carbons (Fsp3) is 0.385. The van der Waals surface area contributed by atoms with E-state index in [0.717, 1.165) is 12.0 Å². The van der Waals surface area contributed by atoms with Gasteiger partial charge in [-0.05, 0) is 24.1 Å². The van der Waals surface area contributed by atoms with Gasteiger partial charge in [0.1, 0.15) is 0 Å². The van der Waals surface area contributed by atoms with Gasteiger partial charge in [0.25, 0.3) is 0 Å². The van der Waals surface area contributed by atoms with Crippen molar-refractivity contribution in [2.75, 3.05) is 13.1 Å². The minimum absolute atomic E-state index is 0.0145. The number of rotatable bonds is 6. The molecule has 0 heterocycles. The van der Waals surface area contributed by atoms with Crippen molar-refractivity contribution in [1.82, 2.24) is 10.6 Å². The summed E-state index contributed by atoms with van der Waals surface area (Å²) in [5, 5.41) is 5.17. The zero-order chi connectivity index (χ0) is 13.4. The molecule has 0 saturated carbocycles. The predicted molar refractivity (Wildman–Crippen MR) is 69.7 cm³/mol. The average Bonchev–Trinajstić information content (AvgIpc) is 2.36. The minimum atomic E-state index is -0.212. The van der Waals surface area contributed by atoms with Crippen LogP contribution >= 0.6 is 0 Å². The second-order valence-electron chi connectivity index (χ2n) is 4.04. The fourth-order valence-electron chi connectivity index (χ4n) is 1.46. The number of hydrogen-bond donors (Lipinski definition) is 3. The summed E-state index contributed by atoms with van der Waals surface area (Å²) in [6.45, 7) is 2.48. The van der Waals surface area contributed by atoms with Gasteiger partial charge in [0.05, 0.1) is 6.54 Å². The third-order valence-electron chi connectivity index (χ3n) is 2.44. The Morgan fingerprint density at radius 2 is 1.72 bits per heavy atom. The molecule has 1 aromatic rings. The van der Waals surface area contributed by atoms with E-state index in [1.165, 1.54) is 12.5 Å². The molecule has 0 bridgehead atoms. The maximum absolute atomic E-state index is 11.3. The Kier molecular flexibility index (Phi) is 5.87. The van der Waals surface area contributed by atoms with Gasteiger partial charge in [-0.2, -0.15) is 0 Å². The van der Waals surface area contributed by atoms with Crippen LogP contribution in [0.3, 0.4) is 0 Å². The van der Waals surface area contributed by atoms with Gasteiger partial charge in [0.2, 0.25) is 11.8 Å².